The molecule has 2 saturated heterocycles. The first-order valence-corrected chi connectivity index (χ1v) is 8.28. The molecular weight excluding hydrogens is 314 g/mol. The van der Waals surface area contributed by atoms with Gasteiger partial charge in [-0.25, -0.2) is 0 Å². The topological polar surface area (TPSA) is 74.0 Å². The molecule has 2 unspecified atom stereocenters. The second-order valence-corrected chi connectivity index (χ2v) is 6.67. The molecule has 6 heteroatoms. The van der Waals surface area contributed by atoms with Crippen molar-refractivity contribution < 1.29 is 9.59 Å². The Kier molecular flexibility index (Phi) is 5.53. The molecule has 2 fully saturated rings. The Morgan fingerprint density at radius 2 is 1.83 bits per heavy atom. The van der Waals surface area contributed by atoms with E-state index in [4.69, 9.17) is 0 Å². The quantitative estimate of drug-likeness (QED) is 0.738. The number of rotatable bonds is 4. The molecule has 0 aliphatic carbocycles. The summed E-state index contributed by atoms with van der Waals surface area (Å²) in [5, 5.41) is 6.75. The zero-order valence-electron chi connectivity index (χ0n) is 14.0. The average molecular weight is 340 g/mol. The van der Waals surface area contributed by atoms with Crippen LogP contribution in [0.15, 0.2) is 0 Å². The van der Waals surface area contributed by atoms with Crippen LogP contribution in [0, 0.1) is 6.92 Å². The molecule has 128 valence electrons. The van der Waals surface area contributed by atoms with Gasteiger partial charge in [-0.05, 0) is 51.5 Å². The summed E-state index contributed by atoms with van der Waals surface area (Å²) in [6.45, 7) is 5.40. The maximum absolute atomic E-state index is 12.6. The number of aryl methyl sites for hydroxylation is 1. The van der Waals surface area contributed by atoms with E-state index < -0.39 is 0 Å². The van der Waals surface area contributed by atoms with E-state index in [0.717, 1.165) is 24.1 Å². The summed E-state index contributed by atoms with van der Waals surface area (Å²) in [6, 6.07) is 1.33. The van der Waals surface area contributed by atoms with Gasteiger partial charge in [0.1, 0.15) is 5.69 Å². The van der Waals surface area contributed by atoms with E-state index in [9.17, 15) is 9.59 Å². The summed E-state index contributed by atoms with van der Waals surface area (Å²) in [5.74, 6) is -0.0525. The molecule has 2 atom stereocenters. The van der Waals surface area contributed by atoms with Gasteiger partial charge in [0.25, 0.3) is 5.91 Å². The highest BCUT2D eigenvalue weighted by Crippen LogP contribution is 2.27. The lowest BCUT2D eigenvalue weighted by atomic mass is 9.99. The number of fused-ring (bicyclic) bond motifs is 2. The number of piperidine rings is 1. The zero-order chi connectivity index (χ0) is 15.9. The second kappa shape index (κ2) is 7.05. The number of Topliss-reactive ketones (excluding diaryl/α,β-unsaturated/α-hetero) is 1. The Morgan fingerprint density at radius 1 is 1.22 bits per heavy atom. The minimum atomic E-state index is -0.0706. The monoisotopic (exact) mass is 339 g/mol. The molecule has 3 N–H and O–H groups in total. The number of hydrogen-bond acceptors (Lipinski definition) is 3. The molecule has 0 saturated carbocycles. The fraction of sp³-hybridized carbons (Fsp3) is 0.647. The smallest absolute Gasteiger partial charge is 0.268 e. The molecule has 2 aliphatic rings. The number of carbonyl (C=O) groups excluding carboxylic acids is 2. The van der Waals surface area contributed by atoms with E-state index in [-0.39, 0.29) is 30.1 Å². The largest absolute Gasteiger partial charge is 0.354 e. The summed E-state index contributed by atoms with van der Waals surface area (Å²) in [7, 11) is 0. The Morgan fingerprint density at radius 3 is 2.35 bits per heavy atom. The molecule has 0 radical (unpaired) electrons. The van der Waals surface area contributed by atoms with Crippen molar-refractivity contribution in [3.63, 3.8) is 0 Å². The number of nitrogens with one attached hydrogen (secondary N) is 3. The lowest BCUT2D eigenvalue weighted by Gasteiger charge is -2.29. The van der Waals surface area contributed by atoms with Crippen molar-refractivity contribution in [1.82, 2.24) is 15.6 Å². The highest BCUT2D eigenvalue weighted by Gasteiger charge is 2.34. The number of aromatic amines is 1. The molecule has 3 heterocycles. The molecule has 2 bridgehead atoms. The molecule has 2 aliphatic heterocycles. The van der Waals surface area contributed by atoms with Crippen molar-refractivity contribution in [2.45, 2.75) is 71.0 Å². The van der Waals surface area contributed by atoms with Gasteiger partial charge in [0.15, 0.2) is 5.78 Å². The van der Waals surface area contributed by atoms with Gasteiger partial charge in [0.05, 0.1) is 0 Å². The molecule has 0 spiro atoms. The summed E-state index contributed by atoms with van der Waals surface area (Å²) < 4.78 is 0. The van der Waals surface area contributed by atoms with Crippen molar-refractivity contribution in [2.75, 3.05) is 0 Å². The van der Waals surface area contributed by atoms with Crippen LogP contribution in [0.5, 0.6) is 0 Å². The maximum atomic E-state index is 12.6. The first kappa shape index (κ1) is 18.0. The fourth-order valence-corrected chi connectivity index (χ4v) is 4.13. The van der Waals surface area contributed by atoms with Crippen LogP contribution in [0.2, 0.25) is 0 Å². The van der Waals surface area contributed by atoms with E-state index >= 15 is 0 Å². The van der Waals surface area contributed by atoms with Crippen LogP contribution in [0.25, 0.3) is 0 Å². The molecule has 1 amide bonds. The molecule has 5 nitrogen and oxygen atoms in total. The Hall–Kier alpha value is -1.33. The highest BCUT2D eigenvalue weighted by atomic mass is 35.5. The molecular formula is C17H26ClN3O2. The molecule has 3 rings (SSSR count). The lowest BCUT2D eigenvalue weighted by Crippen LogP contribution is -2.48. The zero-order valence-corrected chi connectivity index (χ0v) is 14.8. The van der Waals surface area contributed by atoms with Gasteiger partial charge in [-0.1, -0.05) is 6.92 Å². The van der Waals surface area contributed by atoms with Gasteiger partial charge >= 0.3 is 0 Å². The van der Waals surface area contributed by atoms with Gasteiger partial charge in [-0.3, -0.25) is 9.59 Å². The average Bonchev–Trinajstić information content (AvgIpc) is 2.98. The van der Waals surface area contributed by atoms with Gasteiger partial charge < -0.3 is 15.6 Å². The van der Waals surface area contributed by atoms with Crippen LogP contribution in [-0.2, 0) is 6.42 Å². The predicted molar refractivity (Wildman–Crippen MR) is 92.6 cm³/mol. The summed E-state index contributed by atoms with van der Waals surface area (Å²) in [6.07, 6.45) is 5.12. The van der Waals surface area contributed by atoms with Crippen LogP contribution in [-0.4, -0.2) is 34.8 Å². The van der Waals surface area contributed by atoms with E-state index in [1.807, 2.05) is 13.8 Å². The van der Waals surface area contributed by atoms with Crippen LogP contribution in [0.4, 0.5) is 0 Å². The highest BCUT2D eigenvalue weighted by molar-refractivity contribution is 6.02. The molecule has 1 aromatic rings. The van der Waals surface area contributed by atoms with Crippen molar-refractivity contribution >= 4 is 24.1 Å². The molecule has 23 heavy (non-hydrogen) atoms. The SMILES string of the molecule is CCc1c(C(=O)NC2CC3CCC(C2)N3)[nH]c(C)c1C(C)=O.Cl. The fourth-order valence-electron chi connectivity index (χ4n) is 4.13. The van der Waals surface area contributed by atoms with Crippen LogP contribution >= 0.6 is 12.4 Å². The number of amides is 1. The summed E-state index contributed by atoms with van der Waals surface area (Å²) in [5.41, 5.74) is 2.88. The van der Waals surface area contributed by atoms with Crippen LogP contribution in [0.3, 0.4) is 0 Å². The maximum Gasteiger partial charge on any atom is 0.268 e. The summed E-state index contributed by atoms with van der Waals surface area (Å²) in [4.78, 5) is 27.6. The van der Waals surface area contributed by atoms with Gasteiger partial charge in [-0.15, -0.1) is 12.4 Å². The second-order valence-electron chi connectivity index (χ2n) is 6.67. The minimum absolute atomic E-state index is 0. The first-order valence-electron chi connectivity index (χ1n) is 8.28. The first-order chi connectivity index (χ1) is 10.5. The van der Waals surface area contributed by atoms with E-state index in [0.29, 0.717) is 29.8 Å². The minimum Gasteiger partial charge on any atom is -0.354 e. The molecule has 1 aromatic heterocycles. The van der Waals surface area contributed by atoms with Crippen LogP contribution < -0.4 is 10.6 Å². The van der Waals surface area contributed by atoms with Crippen LogP contribution in [0.1, 0.15) is 71.6 Å². The Balaban J connectivity index is 0.00000192. The van der Waals surface area contributed by atoms with Gasteiger partial charge in [0.2, 0.25) is 0 Å². The number of hydrogen-bond donors (Lipinski definition) is 3. The number of ketones is 1. The number of H-pyrrole nitrogens is 1. The van der Waals surface area contributed by atoms with Crippen molar-refractivity contribution in [2.24, 2.45) is 0 Å². The lowest BCUT2D eigenvalue weighted by molar-refractivity contribution is 0.0918. The standard InChI is InChI=1S/C17H25N3O2.ClH/c1-4-14-15(10(3)21)9(2)18-16(14)17(22)20-13-7-11-5-6-12(8-13)19-11;/h11-13,18-19H,4-8H2,1-3H3,(H,20,22);1H. The third-order valence-electron chi connectivity index (χ3n) is 5.03. The van der Waals surface area contributed by atoms with Gasteiger partial charge in [0, 0.05) is 29.4 Å². The van der Waals surface area contributed by atoms with Gasteiger partial charge in [-0.2, -0.15) is 0 Å². The number of carbonyl (C=O) groups is 2. The van der Waals surface area contributed by atoms with E-state index in [1.165, 1.54) is 12.8 Å². The number of aromatic nitrogens is 1. The number of halogens is 1. The third kappa shape index (κ3) is 3.45. The Bertz CT molecular complexity index is 599. The normalized spacial score (nSPS) is 25.8. The molecule has 0 aromatic carbocycles. The predicted octanol–water partition coefficient (Wildman–Crippen LogP) is 2.52. The van der Waals surface area contributed by atoms with E-state index in [1.54, 1.807) is 6.92 Å². The van der Waals surface area contributed by atoms with Crippen molar-refractivity contribution in [3.05, 3.63) is 22.5 Å². The third-order valence-corrected chi connectivity index (χ3v) is 5.03. The Labute approximate surface area is 143 Å². The van der Waals surface area contributed by atoms with Crippen molar-refractivity contribution in [1.29, 1.82) is 0 Å². The van der Waals surface area contributed by atoms with Crippen molar-refractivity contribution in [3.8, 4) is 0 Å². The van der Waals surface area contributed by atoms with E-state index in [2.05, 4.69) is 15.6 Å². The summed E-state index contributed by atoms with van der Waals surface area (Å²) >= 11 is 0.